The van der Waals surface area contributed by atoms with E-state index in [1.807, 2.05) is 24.3 Å². The van der Waals surface area contributed by atoms with E-state index in [0.717, 1.165) is 5.56 Å². The Balaban J connectivity index is 2.06. The molecule has 1 heterocycles. The zero-order valence-corrected chi connectivity index (χ0v) is 13.4. The van der Waals surface area contributed by atoms with Crippen molar-refractivity contribution in [1.29, 1.82) is 0 Å². The van der Waals surface area contributed by atoms with Crippen LogP contribution in [0.4, 0.5) is 0 Å². The highest BCUT2D eigenvalue weighted by molar-refractivity contribution is 7.89. The second-order valence-electron chi connectivity index (χ2n) is 5.04. The first-order valence-electron chi connectivity index (χ1n) is 6.58. The van der Waals surface area contributed by atoms with Gasteiger partial charge in [-0.2, -0.15) is 0 Å². The van der Waals surface area contributed by atoms with Crippen LogP contribution in [0.15, 0.2) is 47.5 Å². The van der Waals surface area contributed by atoms with Crippen LogP contribution < -0.4 is 4.72 Å². The minimum Gasteiger partial charge on any atom is -0.243 e. The van der Waals surface area contributed by atoms with Gasteiger partial charge in [0.1, 0.15) is 10.0 Å². The van der Waals surface area contributed by atoms with Crippen LogP contribution in [-0.2, 0) is 16.6 Å². The topological polar surface area (TPSA) is 59.1 Å². The highest BCUT2D eigenvalue weighted by Gasteiger charge is 2.14. The van der Waals surface area contributed by atoms with Crippen molar-refractivity contribution < 1.29 is 8.42 Å². The Morgan fingerprint density at radius 2 is 1.81 bits per heavy atom. The van der Waals surface area contributed by atoms with Gasteiger partial charge < -0.3 is 0 Å². The van der Waals surface area contributed by atoms with Gasteiger partial charge in [0.25, 0.3) is 0 Å². The first-order chi connectivity index (χ1) is 9.88. The quantitative estimate of drug-likeness (QED) is 0.858. The lowest BCUT2D eigenvalue weighted by molar-refractivity contribution is 0.581. The van der Waals surface area contributed by atoms with Crippen molar-refractivity contribution in [3.05, 3.63) is 58.9 Å². The van der Waals surface area contributed by atoms with Gasteiger partial charge in [0.15, 0.2) is 0 Å². The Kier molecular flexibility index (Phi) is 4.98. The summed E-state index contributed by atoms with van der Waals surface area (Å²) in [5, 5.41) is 0.262. The van der Waals surface area contributed by atoms with Gasteiger partial charge >= 0.3 is 0 Å². The number of nitrogens with zero attached hydrogens (tertiary/aromatic N) is 1. The standard InChI is InChI=1S/C15H17ClN2O2S/c1-11(2)13-5-3-12(4-6-13)9-18-21(19,20)14-7-8-15(16)17-10-14/h3-8,10-11,18H,9H2,1-2H3. The summed E-state index contributed by atoms with van der Waals surface area (Å²) >= 11 is 5.65. The number of nitrogens with one attached hydrogen (secondary N) is 1. The van der Waals surface area contributed by atoms with Gasteiger partial charge in [-0.05, 0) is 29.2 Å². The van der Waals surface area contributed by atoms with Gasteiger partial charge in [-0.1, -0.05) is 49.7 Å². The van der Waals surface area contributed by atoms with Crippen molar-refractivity contribution in [3.63, 3.8) is 0 Å². The Morgan fingerprint density at radius 3 is 2.33 bits per heavy atom. The molecule has 1 aromatic carbocycles. The number of hydrogen-bond acceptors (Lipinski definition) is 3. The van der Waals surface area contributed by atoms with Crippen LogP contribution in [0.25, 0.3) is 0 Å². The van der Waals surface area contributed by atoms with E-state index in [0.29, 0.717) is 5.92 Å². The van der Waals surface area contributed by atoms with Crippen LogP contribution in [0.3, 0.4) is 0 Å². The Bertz CT molecular complexity index is 695. The number of pyridine rings is 1. The maximum Gasteiger partial charge on any atom is 0.242 e. The molecule has 0 amide bonds. The van der Waals surface area contributed by atoms with Crippen LogP contribution in [0.5, 0.6) is 0 Å². The predicted octanol–water partition coefficient (Wildman–Crippen LogP) is 3.34. The van der Waals surface area contributed by atoms with E-state index in [9.17, 15) is 8.42 Å². The molecule has 0 atom stereocenters. The highest BCUT2D eigenvalue weighted by atomic mass is 35.5. The molecule has 1 aromatic heterocycles. The van der Waals surface area contributed by atoms with Crippen molar-refractivity contribution in [3.8, 4) is 0 Å². The van der Waals surface area contributed by atoms with Crippen molar-refractivity contribution in [2.45, 2.75) is 31.2 Å². The molecule has 0 spiro atoms. The second kappa shape index (κ2) is 6.56. The van der Waals surface area contributed by atoms with Gasteiger partial charge in [0, 0.05) is 12.7 Å². The number of halogens is 1. The van der Waals surface area contributed by atoms with Gasteiger partial charge in [-0.15, -0.1) is 0 Å². The number of sulfonamides is 1. The molecule has 0 fully saturated rings. The molecule has 0 aliphatic heterocycles. The first kappa shape index (κ1) is 15.9. The molecule has 6 heteroatoms. The lowest BCUT2D eigenvalue weighted by Gasteiger charge is -2.09. The third-order valence-electron chi connectivity index (χ3n) is 3.12. The average Bonchev–Trinajstić information content (AvgIpc) is 2.46. The molecule has 0 saturated carbocycles. The Hall–Kier alpha value is -1.43. The molecule has 0 saturated heterocycles. The molecular weight excluding hydrogens is 308 g/mol. The van der Waals surface area contributed by atoms with Gasteiger partial charge in [0.2, 0.25) is 10.0 Å². The van der Waals surface area contributed by atoms with Crippen molar-refractivity contribution in [2.75, 3.05) is 0 Å². The van der Waals surface area contributed by atoms with E-state index in [2.05, 4.69) is 23.6 Å². The molecule has 4 nitrogen and oxygen atoms in total. The van der Waals surface area contributed by atoms with Crippen LogP contribution in [-0.4, -0.2) is 13.4 Å². The molecule has 0 aliphatic carbocycles. The summed E-state index contributed by atoms with van der Waals surface area (Å²) in [4.78, 5) is 3.88. The van der Waals surface area contributed by atoms with E-state index < -0.39 is 10.0 Å². The van der Waals surface area contributed by atoms with Crippen LogP contribution in [0.1, 0.15) is 30.9 Å². The van der Waals surface area contributed by atoms with Gasteiger partial charge in [-0.25, -0.2) is 18.1 Å². The number of rotatable bonds is 5. The fourth-order valence-electron chi connectivity index (χ4n) is 1.80. The molecule has 0 radical (unpaired) electrons. The summed E-state index contributed by atoms with van der Waals surface area (Å²) in [6, 6.07) is 10.8. The molecule has 2 aromatic rings. The minimum atomic E-state index is -3.57. The molecule has 112 valence electrons. The summed E-state index contributed by atoms with van der Waals surface area (Å²) in [5.74, 6) is 0.455. The number of benzene rings is 1. The van der Waals surface area contributed by atoms with Crippen molar-refractivity contribution in [1.82, 2.24) is 9.71 Å². The molecule has 0 unspecified atom stereocenters. The maximum absolute atomic E-state index is 12.1. The monoisotopic (exact) mass is 324 g/mol. The third kappa shape index (κ3) is 4.27. The smallest absolute Gasteiger partial charge is 0.242 e. The molecule has 21 heavy (non-hydrogen) atoms. The molecule has 0 bridgehead atoms. The summed E-state index contributed by atoms with van der Waals surface area (Å²) in [7, 11) is -3.57. The van der Waals surface area contributed by atoms with Gasteiger partial charge in [0.05, 0.1) is 0 Å². The maximum atomic E-state index is 12.1. The van der Waals surface area contributed by atoms with E-state index in [1.165, 1.54) is 23.9 Å². The molecule has 2 rings (SSSR count). The molecule has 1 N–H and O–H groups in total. The zero-order valence-electron chi connectivity index (χ0n) is 11.9. The van der Waals surface area contributed by atoms with E-state index in [4.69, 9.17) is 11.6 Å². The van der Waals surface area contributed by atoms with Crippen LogP contribution in [0, 0.1) is 0 Å². The van der Waals surface area contributed by atoms with E-state index >= 15 is 0 Å². The highest BCUT2D eigenvalue weighted by Crippen LogP contribution is 2.15. The lowest BCUT2D eigenvalue weighted by atomic mass is 10.0. The first-order valence-corrected chi connectivity index (χ1v) is 8.44. The number of aromatic nitrogens is 1. The lowest BCUT2D eigenvalue weighted by Crippen LogP contribution is -2.23. The summed E-state index contributed by atoms with van der Waals surface area (Å²) in [6.45, 7) is 4.47. The summed E-state index contributed by atoms with van der Waals surface area (Å²) in [6.07, 6.45) is 1.24. The van der Waals surface area contributed by atoms with E-state index in [-0.39, 0.29) is 16.6 Å². The molecular formula is C15H17ClN2O2S. The zero-order chi connectivity index (χ0) is 15.5. The largest absolute Gasteiger partial charge is 0.243 e. The SMILES string of the molecule is CC(C)c1ccc(CNS(=O)(=O)c2ccc(Cl)nc2)cc1. The predicted molar refractivity (Wildman–Crippen MR) is 83.8 cm³/mol. The summed E-state index contributed by atoms with van der Waals surface area (Å²) in [5.41, 5.74) is 2.13. The average molecular weight is 325 g/mol. The van der Waals surface area contributed by atoms with E-state index in [1.54, 1.807) is 0 Å². The van der Waals surface area contributed by atoms with Crippen molar-refractivity contribution >= 4 is 21.6 Å². The fourth-order valence-corrected chi connectivity index (χ4v) is 2.88. The fraction of sp³-hybridized carbons (Fsp3) is 0.267. The van der Waals surface area contributed by atoms with Gasteiger partial charge in [-0.3, -0.25) is 0 Å². The second-order valence-corrected chi connectivity index (χ2v) is 7.19. The number of hydrogen-bond donors (Lipinski definition) is 1. The molecule has 0 aliphatic rings. The Labute approximate surface area is 130 Å². The third-order valence-corrected chi connectivity index (χ3v) is 4.73. The normalized spacial score (nSPS) is 11.8. The minimum absolute atomic E-state index is 0.103. The van der Waals surface area contributed by atoms with Crippen LogP contribution in [0.2, 0.25) is 5.15 Å². The summed E-state index contributed by atoms with van der Waals surface area (Å²) < 4.78 is 26.7. The van der Waals surface area contributed by atoms with Crippen LogP contribution >= 0.6 is 11.6 Å². The Morgan fingerprint density at radius 1 is 1.14 bits per heavy atom. The van der Waals surface area contributed by atoms with Crippen molar-refractivity contribution in [2.24, 2.45) is 0 Å².